The van der Waals surface area contributed by atoms with Crippen LogP contribution >= 0.6 is 0 Å². The molecule has 2 aliphatic heterocycles. The predicted octanol–water partition coefficient (Wildman–Crippen LogP) is 2.27. The summed E-state index contributed by atoms with van der Waals surface area (Å²) in [5.74, 6) is -0.155. The maximum atomic E-state index is 13.1. The Kier molecular flexibility index (Phi) is 6.13. The van der Waals surface area contributed by atoms with Gasteiger partial charge in [0.2, 0.25) is 11.8 Å². The maximum absolute atomic E-state index is 13.1. The third-order valence-electron chi connectivity index (χ3n) is 6.58. The van der Waals surface area contributed by atoms with Gasteiger partial charge in [-0.3, -0.25) is 14.6 Å². The summed E-state index contributed by atoms with van der Waals surface area (Å²) in [6.45, 7) is 2.41. The first kappa shape index (κ1) is 20.5. The van der Waals surface area contributed by atoms with Crippen molar-refractivity contribution in [1.82, 2.24) is 14.8 Å². The van der Waals surface area contributed by atoms with Crippen molar-refractivity contribution < 1.29 is 14.7 Å². The van der Waals surface area contributed by atoms with Gasteiger partial charge in [0.15, 0.2) is 0 Å². The number of pyridine rings is 1. The Morgan fingerprint density at radius 3 is 2.43 bits per heavy atom. The summed E-state index contributed by atoms with van der Waals surface area (Å²) >= 11 is 0. The molecule has 1 aromatic heterocycles. The van der Waals surface area contributed by atoms with Gasteiger partial charge in [0.25, 0.3) is 0 Å². The van der Waals surface area contributed by atoms with Crippen molar-refractivity contribution in [2.45, 2.75) is 32.2 Å². The molecule has 6 nitrogen and oxygen atoms in total. The van der Waals surface area contributed by atoms with E-state index in [-0.39, 0.29) is 36.2 Å². The number of carbonyl (C=O) groups excluding carboxylic acids is 2. The van der Waals surface area contributed by atoms with E-state index < -0.39 is 0 Å². The molecule has 1 aromatic carbocycles. The molecule has 0 spiro atoms. The van der Waals surface area contributed by atoms with Crippen molar-refractivity contribution >= 4 is 11.8 Å². The van der Waals surface area contributed by atoms with Gasteiger partial charge in [-0.05, 0) is 42.5 Å². The van der Waals surface area contributed by atoms with Crippen molar-refractivity contribution in [1.29, 1.82) is 0 Å². The summed E-state index contributed by atoms with van der Waals surface area (Å²) < 4.78 is 0. The lowest BCUT2D eigenvalue weighted by atomic mass is 9.74. The maximum Gasteiger partial charge on any atom is 0.227 e. The van der Waals surface area contributed by atoms with Crippen LogP contribution in [0.2, 0.25) is 0 Å². The van der Waals surface area contributed by atoms with Crippen molar-refractivity contribution in [2.24, 2.45) is 11.3 Å². The second-order valence-electron chi connectivity index (χ2n) is 8.68. The van der Waals surface area contributed by atoms with E-state index in [4.69, 9.17) is 0 Å². The predicted molar refractivity (Wildman–Crippen MR) is 113 cm³/mol. The van der Waals surface area contributed by atoms with Gasteiger partial charge in [-0.1, -0.05) is 30.3 Å². The molecule has 1 unspecified atom stereocenters. The minimum Gasteiger partial charge on any atom is -0.396 e. The fourth-order valence-electron chi connectivity index (χ4n) is 4.68. The smallest absolute Gasteiger partial charge is 0.227 e. The van der Waals surface area contributed by atoms with Gasteiger partial charge in [-0.25, -0.2) is 0 Å². The summed E-state index contributed by atoms with van der Waals surface area (Å²) in [4.78, 5) is 33.2. The third-order valence-corrected chi connectivity index (χ3v) is 6.58. The lowest BCUT2D eigenvalue weighted by Gasteiger charge is -2.41. The second kappa shape index (κ2) is 8.96. The lowest BCUT2D eigenvalue weighted by Crippen LogP contribution is -2.47. The Bertz CT molecular complexity index is 864. The molecule has 0 radical (unpaired) electrons. The monoisotopic (exact) mass is 407 g/mol. The number of hydrogen-bond donors (Lipinski definition) is 1. The van der Waals surface area contributed by atoms with Crippen LogP contribution in [0.15, 0.2) is 54.9 Å². The zero-order valence-corrected chi connectivity index (χ0v) is 17.2. The summed E-state index contributed by atoms with van der Waals surface area (Å²) in [6, 6.07) is 14.0. The zero-order chi connectivity index (χ0) is 21.0. The molecule has 0 saturated carbocycles. The number of amides is 2. The Hall–Kier alpha value is -2.73. The first-order valence-corrected chi connectivity index (χ1v) is 10.7. The molecule has 2 saturated heterocycles. The zero-order valence-electron chi connectivity index (χ0n) is 17.2. The normalized spacial score (nSPS) is 21.1. The molecule has 0 bridgehead atoms. The van der Waals surface area contributed by atoms with Gasteiger partial charge in [0, 0.05) is 57.0 Å². The number of carbonyl (C=O) groups is 2. The van der Waals surface area contributed by atoms with Crippen LogP contribution in [0.4, 0.5) is 0 Å². The topological polar surface area (TPSA) is 73.7 Å². The van der Waals surface area contributed by atoms with Gasteiger partial charge in [0.05, 0.1) is 5.92 Å². The van der Waals surface area contributed by atoms with E-state index in [0.29, 0.717) is 26.2 Å². The number of aliphatic hydroxyl groups is 1. The molecule has 4 rings (SSSR count). The number of aromatic nitrogens is 1. The molecule has 158 valence electrons. The first-order chi connectivity index (χ1) is 14.6. The SMILES string of the molecule is O=C1CC(C(=O)N2CCC(CO)(Cc3ccccc3)CC2)CN1Cc1ccncc1. The van der Waals surface area contributed by atoms with E-state index in [1.807, 2.05) is 35.2 Å². The van der Waals surface area contributed by atoms with Crippen molar-refractivity contribution in [3.05, 3.63) is 66.0 Å². The summed E-state index contributed by atoms with van der Waals surface area (Å²) in [5.41, 5.74) is 2.08. The van der Waals surface area contributed by atoms with Crippen LogP contribution in [0.3, 0.4) is 0 Å². The molecule has 2 fully saturated rings. The molecule has 0 aliphatic carbocycles. The van der Waals surface area contributed by atoms with E-state index >= 15 is 0 Å². The number of piperidine rings is 1. The molecule has 3 heterocycles. The van der Waals surface area contributed by atoms with Crippen molar-refractivity contribution in [3.8, 4) is 0 Å². The molecular formula is C24H29N3O3. The molecule has 1 N–H and O–H groups in total. The average molecular weight is 408 g/mol. The van der Waals surface area contributed by atoms with Crippen LogP contribution in [-0.4, -0.2) is 57.9 Å². The molecule has 2 aromatic rings. The second-order valence-corrected chi connectivity index (χ2v) is 8.68. The first-order valence-electron chi connectivity index (χ1n) is 10.7. The highest BCUT2D eigenvalue weighted by Crippen LogP contribution is 2.35. The number of nitrogens with zero attached hydrogens (tertiary/aromatic N) is 3. The fourth-order valence-corrected chi connectivity index (χ4v) is 4.68. The molecular weight excluding hydrogens is 378 g/mol. The highest BCUT2D eigenvalue weighted by molar-refractivity contribution is 5.89. The van der Waals surface area contributed by atoms with Crippen molar-refractivity contribution in [2.75, 3.05) is 26.2 Å². The van der Waals surface area contributed by atoms with Gasteiger partial charge in [-0.2, -0.15) is 0 Å². The van der Waals surface area contributed by atoms with Gasteiger partial charge in [0.1, 0.15) is 0 Å². The van der Waals surface area contributed by atoms with Crippen LogP contribution in [0.1, 0.15) is 30.4 Å². The number of hydrogen-bond acceptors (Lipinski definition) is 4. The Morgan fingerprint density at radius 1 is 1.07 bits per heavy atom. The summed E-state index contributed by atoms with van der Waals surface area (Å²) in [6.07, 6.45) is 6.12. The highest BCUT2D eigenvalue weighted by Gasteiger charge is 2.40. The quantitative estimate of drug-likeness (QED) is 0.797. The Labute approximate surface area is 177 Å². The van der Waals surface area contributed by atoms with Crippen LogP contribution < -0.4 is 0 Å². The minimum atomic E-state index is -0.268. The van der Waals surface area contributed by atoms with E-state index in [1.165, 1.54) is 5.56 Å². The van der Waals surface area contributed by atoms with E-state index in [2.05, 4.69) is 17.1 Å². The van der Waals surface area contributed by atoms with Crippen LogP contribution in [0.25, 0.3) is 0 Å². The minimum absolute atomic E-state index is 0.0379. The fraction of sp³-hybridized carbons (Fsp3) is 0.458. The van der Waals surface area contributed by atoms with Crippen LogP contribution in [0.5, 0.6) is 0 Å². The van der Waals surface area contributed by atoms with Crippen LogP contribution in [0, 0.1) is 11.3 Å². The molecule has 2 amide bonds. The summed E-state index contributed by atoms with van der Waals surface area (Å²) in [7, 11) is 0. The number of aliphatic hydroxyl groups excluding tert-OH is 1. The summed E-state index contributed by atoms with van der Waals surface area (Å²) in [5, 5.41) is 10.1. The van der Waals surface area contributed by atoms with Crippen molar-refractivity contribution in [3.63, 3.8) is 0 Å². The van der Waals surface area contributed by atoms with Gasteiger partial charge in [-0.15, -0.1) is 0 Å². The largest absolute Gasteiger partial charge is 0.396 e. The van der Waals surface area contributed by atoms with E-state index in [1.54, 1.807) is 17.3 Å². The molecule has 30 heavy (non-hydrogen) atoms. The molecule has 2 aliphatic rings. The Morgan fingerprint density at radius 2 is 1.77 bits per heavy atom. The van der Waals surface area contributed by atoms with Gasteiger partial charge >= 0.3 is 0 Å². The van der Waals surface area contributed by atoms with Gasteiger partial charge < -0.3 is 14.9 Å². The third kappa shape index (κ3) is 4.54. The van der Waals surface area contributed by atoms with E-state index in [0.717, 1.165) is 24.8 Å². The highest BCUT2D eigenvalue weighted by atomic mass is 16.3. The number of likely N-dealkylation sites (tertiary alicyclic amines) is 2. The number of rotatable bonds is 6. The number of benzene rings is 1. The Balaban J connectivity index is 1.33. The average Bonchev–Trinajstić information content (AvgIpc) is 3.15. The van der Waals surface area contributed by atoms with Crippen LogP contribution in [-0.2, 0) is 22.6 Å². The standard InChI is InChI=1S/C24H29N3O3/c28-18-24(15-19-4-2-1-3-5-19)8-12-26(13-9-24)23(30)21-14-22(29)27(17-21)16-20-6-10-25-11-7-20/h1-7,10-11,21,28H,8-9,12-18H2. The van der Waals surface area contributed by atoms with E-state index in [9.17, 15) is 14.7 Å². The lowest BCUT2D eigenvalue weighted by molar-refractivity contribution is -0.138. The molecule has 1 atom stereocenters. The molecule has 6 heteroatoms.